The van der Waals surface area contributed by atoms with Crippen LogP contribution >= 0.6 is 0 Å². The lowest BCUT2D eigenvalue weighted by Gasteiger charge is -2.30. The van der Waals surface area contributed by atoms with Gasteiger partial charge in [-0.2, -0.15) is 4.98 Å². The summed E-state index contributed by atoms with van der Waals surface area (Å²) in [7, 11) is 0. The van der Waals surface area contributed by atoms with Gasteiger partial charge >= 0.3 is 0 Å². The summed E-state index contributed by atoms with van der Waals surface area (Å²) in [6.45, 7) is 3.40. The highest BCUT2D eigenvalue weighted by atomic mass is 16.5. The lowest BCUT2D eigenvalue weighted by atomic mass is 10.0. The van der Waals surface area contributed by atoms with E-state index in [1.165, 1.54) is 12.8 Å². The molecule has 2 fully saturated rings. The first kappa shape index (κ1) is 12.7. The van der Waals surface area contributed by atoms with Gasteiger partial charge in [-0.1, -0.05) is 0 Å². The Morgan fingerprint density at radius 2 is 2.26 bits per heavy atom. The predicted molar refractivity (Wildman–Crippen MR) is 72.3 cm³/mol. The molecular weight excluding hydrogens is 242 g/mol. The average Bonchev–Trinajstić information content (AvgIpc) is 3.24. The van der Waals surface area contributed by atoms with E-state index >= 15 is 0 Å². The molecule has 0 spiro atoms. The molecule has 1 aliphatic carbocycles. The van der Waals surface area contributed by atoms with Gasteiger partial charge in [-0.3, -0.25) is 4.98 Å². The molecule has 2 aliphatic rings. The lowest BCUT2D eigenvalue weighted by molar-refractivity contribution is -0.00224. The molecule has 1 aromatic heterocycles. The Bertz CT molecular complexity index is 423. The SMILES string of the molecule is CCOc1cncc(NC2CCOC(C3CC3)C2)n1. The summed E-state index contributed by atoms with van der Waals surface area (Å²) in [5, 5.41) is 3.46. The summed E-state index contributed by atoms with van der Waals surface area (Å²) in [5.41, 5.74) is 0. The molecule has 2 unspecified atom stereocenters. The predicted octanol–water partition coefficient (Wildman–Crippen LogP) is 2.24. The van der Waals surface area contributed by atoms with E-state index in [1.54, 1.807) is 12.4 Å². The highest BCUT2D eigenvalue weighted by Gasteiger charge is 2.35. The van der Waals surface area contributed by atoms with Gasteiger partial charge in [0.2, 0.25) is 5.88 Å². The first-order valence-corrected chi connectivity index (χ1v) is 7.18. The van der Waals surface area contributed by atoms with Crippen molar-refractivity contribution in [3.63, 3.8) is 0 Å². The summed E-state index contributed by atoms with van der Waals surface area (Å²) in [5.74, 6) is 2.18. The fourth-order valence-corrected chi connectivity index (χ4v) is 2.60. The maximum atomic E-state index is 5.83. The maximum Gasteiger partial charge on any atom is 0.234 e. The van der Waals surface area contributed by atoms with Crippen LogP contribution in [0.25, 0.3) is 0 Å². The summed E-state index contributed by atoms with van der Waals surface area (Å²) >= 11 is 0. The number of anilines is 1. The maximum absolute atomic E-state index is 5.83. The minimum absolute atomic E-state index is 0.436. The van der Waals surface area contributed by atoms with Gasteiger partial charge in [0.05, 0.1) is 25.1 Å². The third-order valence-corrected chi connectivity index (χ3v) is 3.72. The highest BCUT2D eigenvalue weighted by Crippen LogP contribution is 2.38. The van der Waals surface area contributed by atoms with E-state index in [0.717, 1.165) is 31.2 Å². The lowest BCUT2D eigenvalue weighted by Crippen LogP contribution is -2.35. The molecule has 2 heterocycles. The fourth-order valence-electron chi connectivity index (χ4n) is 2.60. The van der Waals surface area contributed by atoms with Crippen molar-refractivity contribution >= 4 is 5.82 Å². The van der Waals surface area contributed by atoms with Crippen LogP contribution in [0.5, 0.6) is 5.88 Å². The Balaban J connectivity index is 1.58. The van der Waals surface area contributed by atoms with Gasteiger partial charge in [-0.15, -0.1) is 0 Å². The molecule has 2 atom stereocenters. The molecule has 1 saturated heterocycles. The van der Waals surface area contributed by atoms with Crippen LogP contribution in [0.1, 0.15) is 32.6 Å². The van der Waals surface area contributed by atoms with Gasteiger partial charge in [0, 0.05) is 12.6 Å². The number of nitrogens with one attached hydrogen (secondary N) is 1. The van der Waals surface area contributed by atoms with Crippen molar-refractivity contribution in [2.45, 2.75) is 44.8 Å². The Morgan fingerprint density at radius 3 is 3.05 bits per heavy atom. The smallest absolute Gasteiger partial charge is 0.234 e. The molecule has 19 heavy (non-hydrogen) atoms. The van der Waals surface area contributed by atoms with Crippen LogP contribution in [0, 0.1) is 5.92 Å². The first-order chi connectivity index (χ1) is 9.35. The third kappa shape index (κ3) is 3.35. The Morgan fingerprint density at radius 1 is 1.37 bits per heavy atom. The van der Waals surface area contributed by atoms with E-state index in [2.05, 4.69) is 15.3 Å². The topological polar surface area (TPSA) is 56.3 Å². The van der Waals surface area contributed by atoms with Crippen molar-refractivity contribution in [1.29, 1.82) is 0 Å². The van der Waals surface area contributed by atoms with E-state index in [-0.39, 0.29) is 0 Å². The zero-order chi connectivity index (χ0) is 13.1. The zero-order valence-corrected chi connectivity index (χ0v) is 11.3. The molecule has 0 aromatic carbocycles. The number of ether oxygens (including phenoxy) is 2. The van der Waals surface area contributed by atoms with Gasteiger partial charge in [-0.25, -0.2) is 0 Å². The van der Waals surface area contributed by atoms with Crippen molar-refractivity contribution in [2.24, 2.45) is 5.92 Å². The van der Waals surface area contributed by atoms with Crippen molar-refractivity contribution < 1.29 is 9.47 Å². The van der Waals surface area contributed by atoms with Gasteiger partial charge in [-0.05, 0) is 38.5 Å². The molecule has 104 valence electrons. The number of nitrogens with zero attached hydrogens (tertiary/aromatic N) is 2. The largest absolute Gasteiger partial charge is 0.477 e. The number of aromatic nitrogens is 2. The Hall–Kier alpha value is -1.36. The zero-order valence-electron chi connectivity index (χ0n) is 11.3. The third-order valence-electron chi connectivity index (χ3n) is 3.72. The van der Waals surface area contributed by atoms with Crippen LogP contribution < -0.4 is 10.1 Å². The highest BCUT2D eigenvalue weighted by molar-refractivity contribution is 5.34. The summed E-state index contributed by atoms with van der Waals surface area (Å²) < 4.78 is 11.2. The Labute approximate surface area is 113 Å². The van der Waals surface area contributed by atoms with E-state index in [9.17, 15) is 0 Å². The van der Waals surface area contributed by atoms with Crippen LogP contribution in [0.4, 0.5) is 5.82 Å². The van der Waals surface area contributed by atoms with Gasteiger partial charge in [0.15, 0.2) is 0 Å². The average molecular weight is 263 g/mol. The van der Waals surface area contributed by atoms with Crippen LogP contribution in [0.15, 0.2) is 12.4 Å². The monoisotopic (exact) mass is 263 g/mol. The van der Waals surface area contributed by atoms with Crippen molar-refractivity contribution in [2.75, 3.05) is 18.5 Å². The van der Waals surface area contributed by atoms with Gasteiger partial charge < -0.3 is 14.8 Å². The van der Waals surface area contributed by atoms with E-state index in [0.29, 0.717) is 24.6 Å². The second-order valence-corrected chi connectivity index (χ2v) is 5.29. The van der Waals surface area contributed by atoms with Crippen molar-refractivity contribution in [3.8, 4) is 5.88 Å². The normalized spacial score (nSPS) is 27.0. The molecule has 5 heteroatoms. The Kier molecular flexibility index (Phi) is 3.82. The van der Waals surface area contributed by atoms with Crippen LogP contribution in [-0.2, 0) is 4.74 Å². The molecule has 1 N–H and O–H groups in total. The standard InChI is InChI=1S/C14H21N3O2/c1-2-18-14-9-15-8-13(17-14)16-11-5-6-19-12(7-11)10-3-4-10/h8-12H,2-7H2,1H3,(H,16,17). The molecule has 1 aromatic rings. The molecule has 1 saturated carbocycles. The second-order valence-electron chi connectivity index (χ2n) is 5.29. The van der Waals surface area contributed by atoms with E-state index < -0.39 is 0 Å². The summed E-state index contributed by atoms with van der Waals surface area (Å²) in [4.78, 5) is 8.56. The molecule has 0 bridgehead atoms. The minimum atomic E-state index is 0.436. The molecule has 0 radical (unpaired) electrons. The first-order valence-electron chi connectivity index (χ1n) is 7.18. The minimum Gasteiger partial charge on any atom is -0.477 e. The summed E-state index contributed by atoms with van der Waals surface area (Å²) in [6.07, 6.45) is 8.60. The number of hydrogen-bond acceptors (Lipinski definition) is 5. The van der Waals surface area contributed by atoms with Crippen molar-refractivity contribution in [1.82, 2.24) is 9.97 Å². The molecule has 0 amide bonds. The fraction of sp³-hybridized carbons (Fsp3) is 0.714. The molecule has 1 aliphatic heterocycles. The quantitative estimate of drug-likeness (QED) is 0.883. The van der Waals surface area contributed by atoms with E-state index in [1.807, 2.05) is 6.92 Å². The van der Waals surface area contributed by atoms with E-state index in [4.69, 9.17) is 9.47 Å². The van der Waals surface area contributed by atoms with Gasteiger partial charge in [0.1, 0.15) is 5.82 Å². The second kappa shape index (κ2) is 5.74. The van der Waals surface area contributed by atoms with Gasteiger partial charge in [0.25, 0.3) is 0 Å². The number of rotatable bonds is 5. The van der Waals surface area contributed by atoms with Crippen molar-refractivity contribution in [3.05, 3.63) is 12.4 Å². The van der Waals surface area contributed by atoms with Crippen LogP contribution in [0.2, 0.25) is 0 Å². The van der Waals surface area contributed by atoms with Crippen LogP contribution in [0.3, 0.4) is 0 Å². The number of hydrogen-bond donors (Lipinski definition) is 1. The molecular formula is C14H21N3O2. The summed E-state index contributed by atoms with van der Waals surface area (Å²) in [6, 6.07) is 0.436. The van der Waals surface area contributed by atoms with Crippen LogP contribution in [-0.4, -0.2) is 35.3 Å². The molecule has 3 rings (SSSR count). The molecule has 5 nitrogen and oxygen atoms in total.